The van der Waals surface area contributed by atoms with Gasteiger partial charge in [0.25, 0.3) is 5.91 Å². The van der Waals surface area contributed by atoms with Crippen molar-refractivity contribution in [1.82, 2.24) is 25.0 Å². The van der Waals surface area contributed by atoms with Crippen LogP contribution in [0.25, 0.3) is 5.69 Å². The van der Waals surface area contributed by atoms with Crippen molar-refractivity contribution in [3.05, 3.63) is 66.6 Å². The molecule has 3 heterocycles. The van der Waals surface area contributed by atoms with Crippen LogP contribution in [0.5, 0.6) is 0 Å². The van der Waals surface area contributed by atoms with Crippen LogP contribution in [0.3, 0.4) is 0 Å². The molecule has 0 spiro atoms. The van der Waals surface area contributed by atoms with E-state index in [-0.39, 0.29) is 23.8 Å². The van der Waals surface area contributed by atoms with Crippen LogP contribution in [0.15, 0.2) is 59.7 Å². The second kappa shape index (κ2) is 8.30. The van der Waals surface area contributed by atoms with Crippen LogP contribution in [0.4, 0.5) is 0 Å². The van der Waals surface area contributed by atoms with Crippen LogP contribution in [0.2, 0.25) is 0 Å². The molecule has 4 rings (SSSR count). The van der Waals surface area contributed by atoms with Crippen molar-refractivity contribution in [2.24, 2.45) is 5.92 Å². The van der Waals surface area contributed by atoms with Gasteiger partial charge in [-0.3, -0.25) is 9.59 Å². The number of piperidine rings is 1. The first-order chi connectivity index (χ1) is 14.1. The van der Waals surface area contributed by atoms with E-state index < -0.39 is 0 Å². The van der Waals surface area contributed by atoms with Gasteiger partial charge in [0.15, 0.2) is 5.76 Å². The summed E-state index contributed by atoms with van der Waals surface area (Å²) in [4.78, 5) is 30.7. The molecule has 1 unspecified atom stereocenters. The summed E-state index contributed by atoms with van der Waals surface area (Å²) in [6, 6.07) is 11.1. The highest BCUT2D eigenvalue weighted by atomic mass is 16.3. The minimum Gasteiger partial charge on any atom is -0.459 e. The first-order valence-electron chi connectivity index (χ1n) is 9.70. The average Bonchev–Trinajstić information content (AvgIpc) is 3.47. The molecule has 1 aliphatic rings. The number of benzene rings is 1. The Bertz CT molecular complexity index is 943. The minimum atomic E-state index is -0.116. The number of hydrogen-bond acceptors (Lipinski definition) is 5. The number of aromatic nitrogens is 3. The number of nitrogens with zero attached hydrogens (tertiary/aromatic N) is 4. The molecular weight excluding hydrogens is 370 g/mol. The Labute approximate surface area is 168 Å². The van der Waals surface area contributed by atoms with Gasteiger partial charge in [-0.1, -0.05) is 12.1 Å². The summed E-state index contributed by atoms with van der Waals surface area (Å²) in [7, 11) is 0. The monoisotopic (exact) mass is 393 g/mol. The van der Waals surface area contributed by atoms with Crippen molar-refractivity contribution in [3.63, 3.8) is 0 Å². The normalized spacial score (nSPS) is 15.8. The lowest BCUT2D eigenvalue weighted by Crippen LogP contribution is -2.43. The van der Waals surface area contributed by atoms with Crippen molar-refractivity contribution in [1.29, 1.82) is 0 Å². The Hall–Kier alpha value is -3.42. The summed E-state index contributed by atoms with van der Waals surface area (Å²) in [5.74, 6) is 0.168. The van der Waals surface area contributed by atoms with Gasteiger partial charge in [0.2, 0.25) is 5.91 Å². The third-order valence-electron chi connectivity index (χ3n) is 5.32. The van der Waals surface area contributed by atoms with Gasteiger partial charge in [-0.25, -0.2) is 9.67 Å². The maximum atomic E-state index is 12.7. The fourth-order valence-corrected chi connectivity index (χ4v) is 3.57. The summed E-state index contributed by atoms with van der Waals surface area (Å²) in [6.45, 7) is 3.08. The third-order valence-corrected chi connectivity index (χ3v) is 5.32. The Balaban J connectivity index is 1.30. The lowest BCUT2D eigenvalue weighted by atomic mass is 9.95. The van der Waals surface area contributed by atoms with Crippen LogP contribution in [-0.4, -0.2) is 44.6 Å². The SMILES string of the molecule is CC(NC(=O)C1CCN(C(=O)c2ccco2)CC1)c1ccc(-n2cncn2)cc1. The largest absolute Gasteiger partial charge is 0.459 e. The molecule has 8 nitrogen and oxygen atoms in total. The van der Waals surface area contributed by atoms with Gasteiger partial charge in [0.05, 0.1) is 18.0 Å². The van der Waals surface area contributed by atoms with Crippen molar-refractivity contribution >= 4 is 11.8 Å². The third kappa shape index (κ3) is 4.21. The Morgan fingerprint density at radius 2 is 1.93 bits per heavy atom. The molecule has 1 atom stereocenters. The van der Waals surface area contributed by atoms with E-state index >= 15 is 0 Å². The van der Waals surface area contributed by atoms with Gasteiger partial charge in [-0.05, 0) is 49.6 Å². The first kappa shape index (κ1) is 18.9. The van der Waals surface area contributed by atoms with Gasteiger partial charge in [0.1, 0.15) is 12.7 Å². The number of likely N-dealkylation sites (tertiary alicyclic amines) is 1. The predicted octanol–water partition coefficient (Wildman–Crippen LogP) is 2.59. The molecule has 1 aromatic carbocycles. The summed E-state index contributed by atoms with van der Waals surface area (Å²) < 4.78 is 6.86. The molecule has 150 valence electrons. The van der Waals surface area contributed by atoms with E-state index in [9.17, 15) is 9.59 Å². The molecule has 0 bridgehead atoms. The van der Waals surface area contributed by atoms with Crippen LogP contribution < -0.4 is 5.32 Å². The van der Waals surface area contributed by atoms with E-state index in [4.69, 9.17) is 4.42 Å². The number of hydrogen-bond donors (Lipinski definition) is 1. The second-order valence-electron chi connectivity index (χ2n) is 7.21. The van der Waals surface area contributed by atoms with Gasteiger partial charge in [0, 0.05) is 19.0 Å². The smallest absolute Gasteiger partial charge is 0.289 e. The van der Waals surface area contributed by atoms with E-state index in [0.29, 0.717) is 31.7 Å². The summed E-state index contributed by atoms with van der Waals surface area (Å²) in [5.41, 5.74) is 1.94. The molecule has 2 aromatic heterocycles. The van der Waals surface area contributed by atoms with Gasteiger partial charge in [-0.15, -0.1) is 0 Å². The quantitative estimate of drug-likeness (QED) is 0.719. The maximum absolute atomic E-state index is 12.7. The molecule has 1 fully saturated rings. The van der Waals surface area contributed by atoms with Crippen LogP contribution >= 0.6 is 0 Å². The molecule has 29 heavy (non-hydrogen) atoms. The maximum Gasteiger partial charge on any atom is 0.289 e. The zero-order chi connectivity index (χ0) is 20.2. The van der Waals surface area contributed by atoms with Crippen LogP contribution in [0.1, 0.15) is 41.9 Å². The molecular formula is C21H23N5O3. The predicted molar refractivity (Wildman–Crippen MR) is 105 cm³/mol. The molecule has 0 saturated carbocycles. The Morgan fingerprint density at radius 3 is 2.55 bits per heavy atom. The minimum absolute atomic E-state index is 0.0305. The highest BCUT2D eigenvalue weighted by Crippen LogP contribution is 2.22. The number of furan rings is 1. The molecule has 8 heteroatoms. The topological polar surface area (TPSA) is 93.3 Å². The zero-order valence-electron chi connectivity index (χ0n) is 16.2. The lowest BCUT2D eigenvalue weighted by Gasteiger charge is -2.31. The highest BCUT2D eigenvalue weighted by Gasteiger charge is 2.29. The van der Waals surface area contributed by atoms with E-state index in [2.05, 4.69) is 15.4 Å². The van der Waals surface area contributed by atoms with Gasteiger partial charge in [-0.2, -0.15) is 5.10 Å². The standard InChI is InChI=1S/C21H23N5O3/c1-15(16-4-6-18(7-5-16)26-14-22-13-23-26)24-20(27)17-8-10-25(11-9-17)21(28)19-3-2-12-29-19/h2-7,12-15,17H,8-11H2,1H3,(H,24,27). The Kier molecular flexibility index (Phi) is 5.41. The van der Waals surface area contributed by atoms with Crippen molar-refractivity contribution in [2.75, 3.05) is 13.1 Å². The van der Waals surface area contributed by atoms with Gasteiger partial charge < -0.3 is 14.6 Å². The lowest BCUT2D eigenvalue weighted by molar-refractivity contribution is -0.127. The van der Waals surface area contributed by atoms with E-state index in [1.54, 1.807) is 28.0 Å². The number of rotatable bonds is 5. The Morgan fingerprint density at radius 1 is 1.17 bits per heavy atom. The fraction of sp³-hybridized carbons (Fsp3) is 0.333. The number of carbonyl (C=O) groups excluding carboxylic acids is 2. The average molecular weight is 393 g/mol. The van der Waals surface area contributed by atoms with E-state index in [0.717, 1.165) is 11.3 Å². The summed E-state index contributed by atoms with van der Waals surface area (Å²) >= 11 is 0. The number of amides is 2. The van der Waals surface area contributed by atoms with Crippen LogP contribution in [-0.2, 0) is 4.79 Å². The molecule has 0 aliphatic carbocycles. The highest BCUT2D eigenvalue weighted by molar-refractivity contribution is 5.91. The molecule has 0 radical (unpaired) electrons. The van der Waals surface area contributed by atoms with E-state index in [1.807, 2.05) is 31.2 Å². The van der Waals surface area contributed by atoms with E-state index in [1.165, 1.54) is 12.6 Å². The zero-order valence-corrected chi connectivity index (χ0v) is 16.2. The molecule has 3 aromatic rings. The van der Waals surface area contributed by atoms with Gasteiger partial charge >= 0.3 is 0 Å². The van der Waals surface area contributed by atoms with Crippen molar-refractivity contribution < 1.29 is 14.0 Å². The summed E-state index contributed by atoms with van der Waals surface area (Å²) in [5, 5.41) is 7.20. The molecule has 1 N–H and O–H groups in total. The van der Waals surface area contributed by atoms with Crippen molar-refractivity contribution in [3.8, 4) is 5.69 Å². The van der Waals surface area contributed by atoms with Crippen molar-refractivity contribution in [2.45, 2.75) is 25.8 Å². The van der Waals surface area contributed by atoms with Crippen LogP contribution in [0, 0.1) is 5.92 Å². The number of nitrogens with one attached hydrogen (secondary N) is 1. The number of carbonyl (C=O) groups is 2. The fourth-order valence-electron chi connectivity index (χ4n) is 3.57. The molecule has 1 aliphatic heterocycles. The first-order valence-corrected chi connectivity index (χ1v) is 9.70. The summed E-state index contributed by atoms with van der Waals surface area (Å²) in [6.07, 6.45) is 5.92. The molecule has 1 saturated heterocycles. The second-order valence-corrected chi connectivity index (χ2v) is 7.21. The molecule has 2 amide bonds.